The molecule has 1 unspecified atom stereocenters. The normalized spacial score (nSPS) is 18.8. The van der Waals surface area contributed by atoms with E-state index in [1.54, 1.807) is 28.6 Å². The molecule has 1 fully saturated rings. The fraction of sp³-hybridized carbons (Fsp3) is 0.400. The standard InChI is InChI=1S/C20H23ClFNO2S/c1-15-5-10-18(11-6-15)26(24,25)23-13-3-2-4-17(23)9-7-16-8-12-20(22)19(21)14-16/h5-6,8,10-12,14,17H,2-4,7,9,13H2,1H3. The van der Waals surface area contributed by atoms with Gasteiger partial charge in [-0.3, -0.25) is 0 Å². The maximum Gasteiger partial charge on any atom is 0.243 e. The number of piperidine rings is 1. The van der Waals surface area contributed by atoms with Crippen molar-refractivity contribution in [1.82, 2.24) is 4.31 Å². The zero-order chi connectivity index (χ0) is 18.7. The van der Waals surface area contributed by atoms with Gasteiger partial charge in [-0.2, -0.15) is 4.31 Å². The second kappa shape index (κ2) is 8.07. The van der Waals surface area contributed by atoms with Crippen LogP contribution in [-0.2, 0) is 16.4 Å². The third-order valence-electron chi connectivity index (χ3n) is 4.95. The second-order valence-corrected chi connectivity index (χ2v) is 9.16. The van der Waals surface area contributed by atoms with E-state index in [9.17, 15) is 12.8 Å². The molecule has 0 aromatic heterocycles. The zero-order valence-electron chi connectivity index (χ0n) is 14.8. The molecule has 2 aromatic carbocycles. The summed E-state index contributed by atoms with van der Waals surface area (Å²) < 4.78 is 41.1. The number of sulfonamides is 1. The van der Waals surface area contributed by atoms with Crippen LogP contribution in [0.5, 0.6) is 0 Å². The number of aryl methyl sites for hydroxylation is 2. The quantitative estimate of drug-likeness (QED) is 0.717. The van der Waals surface area contributed by atoms with Gasteiger partial charge >= 0.3 is 0 Å². The molecule has 6 heteroatoms. The minimum Gasteiger partial charge on any atom is -0.207 e. The SMILES string of the molecule is Cc1ccc(S(=O)(=O)N2CCCCC2CCc2ccc(F)c(Cl)c2)cc1. The van der Waals surface area contributed by atoms with Crippen molar-refractivity contribution in [3.63, 3.8) is 0 Å². The van der Waals surface area contributed by atoms with Crippen molar-refractivity contribution >= 4 is 21.6 Å². The first-order valence-electron chi connectivity index (χ1n) is 8.90. The lowest BCUT2D eigenvalue weighted by Crippen LogP contribution is -2.43. The van der Waals surface area contributed by atoms with E-state index in [1.807, 2.05) is 19.1 Å². The van der Waals surface area contributed by atoms with Crippen LogP contribution >= 0.6 is 11.6 Å². The Labute approximate surface area is 159 Å². The van der Waals surface area contributed by atoms with Crippen LogP contribution < -0.4 is 0 Å². The van der Waals surface area contributed by atoms with Crippen LogP contribution in [0.4, 0.5) is 4.39 Å². The number of nitrogens with zero attached hydrogens (tertiary/aromatic N) is 1. The van der Waals surface area contributed by atoms with Gasteiger partial charge in [0, 0.05) is 12.6 Å². The average Bonchev–Trinajstić information content (AvgIpc) is 2.63. The largest absolute Gasteiger partial charge is 0.243 e. The van der Waals surface area contributed by atoms with Crippen molar-refractivity contribution < 1.29 is 12.8 Å². The Balaban J connectivity index is 1.76. The van der Waals surface area contributed by atoms with Crippen LogP contribution in [0.25, 0.3) is 0 Å². The Hall–Kier alpha value is -1.43. The predicted molar refractivity (Wildman–Crippen MR) is 102 cm³/mol. The Bertz CT molecular complexity index is 868. The lowest BCUT2D eigenvalue weighted by molar-refractivity contribution is 0.241. The number of halogens is 2. The summed E-state index contributed by atoms with van der Waals surface area (Å²) in [6, 6.07) is 11.7. The average molecular weight is 396 g/mol. The van der Waals surface area contributed by atoms with E-state index in [2.05, 4.69) is 0 Å². The van der Waals surface area contributed by atoms with Crippen LogP contribution in [0.1, 0.15) is 36.8 Å². The molecule has 0 bridgehead atoms. The summed E-state index contributed by atoms with van der Waals surface area (Å²) in [4.78, 5) is 0.347. The molecule has 1 aliphatic heterocycles. The van der Waals surface area contributed by atoms with Crippen LogP contribution in [0.15, 0.2) is 47.4 Å². The summed E-state index contributed by atoms with van der Waals surface area (Å²) in [6.07, 6.45) is 4.12. The van der Waals surface area contributed by atoms with Crippen LogP contribution in [-0.4, -0.2) is 25.3 Å². The van der Waals surface area contributed by atoms with E-state index in [1.165, 1.54) is 6.07 Å². The fourth-order valence-corrected chi connectivity index (χ4v) is 5.38. The molecule has 1 heterocycles. The predicted octanol–water partition coefficient (Wildman–Crippen LogP) is 4.96. The Morgan fingerprint density at radius 2 is 1.88 bits per heavy atom. The number of rotatable bonds is 5. The summed E-state index contributed by atoms with van der Waals surface area (Å²) in [5.41, 5.74) is 1.96. The summed E-state index contributed by atoms with van der Waals surface area (Å²) in [6.45, 7) is 2.49. The van der Waals surface area contributed by atoms with Gasteiger partial charge in [-0.15, -0.1) is 0 Å². The molecule has 140 valence electrons. The van der Waals surface area contributed by atoms with Gasteiger partial charge in [-0.1, -0.05) is 41.8 Å². The van der Waals surface area contributed by atoms with Gasteiger partial charge in [-0.25, -0.2) is 12.8 Å². The van der Waals surface area contributed by atoms with E-state index in [4.69, 9.17) is 11.6 Å². The summed E-state index contributed by atoms with van der Waals surface area (Å²) in [7, 11) is -3.50. The van der Waals surface area contributed by atoms with Crippen molar-refractivity contribution in [2.75, 3.05) is 6.54 Å². The highest BCUT2D eigenvalue weighted by Gasteiger charge is 2.33. The molecule has 0 amide bonds. The highest BCUT2D eigenvalue weighted by Crippen LogP contribution is 2.28. The molecule has 0 radical (unpaired) electrons. The number of hydrogen-bond donors (Lipinski definition) is 0. The highest BCUT2D eigenvalue weighted by atomic mass is 35.5. The van der Waals surface area contributed by atoms with E-state index in [0.29, 0.717) is 24.3 Å². The lowest BCUT2D eigenvalue weighted by atomic mass is 9.98. The topological polar surface area (TPSA) is 37.4 Å². The van der Waals surface area contributed by atoms with Crippen molar-refractivity contribution in [2.24, 2.45) is 0 Å². The van der Waals surface area contributed by atoms with Gasteiger partial charge in [0.2, 0.25) is 10.0 Å². The van der Waals surface area contributed by atoms with E-state index in [0.717, 1.165) is 30.4 Å². The molecule has 26 heavy (non-hydrogen) atoms. The lowest BCUT2D eigenvalue weighted by Gasteiger charge is -2.35. The molecular formula is C20H23ClFNO2S. The monoisotopic (exact) mass is 395 g/mol. The third kappa shape index (κ3) is 4.27. The molecule has 3 nitrogen and oxygen atoms in total. The number of hydrogen-bond acceptors (Lipinski definition) is 2. The summed E-state index contributed by atoms with van der Waals surface area (Å²) in [5.74, 6) is -0.434. The van der Waals surface area contributed by atoms with E-state index < -0.39 is 15.8 Å². The first kappa shape index (κ1) is 19.3. The maximum atomic E-state index is 13.3. The molecule has 0 saturated carbocycles. The minimum absolute atomic E-state index is 0.0427. The van der Waals surface area contributed by atoms with Gasteiger partial charge in [0.25, 0.3) is 0 Å². The Morgan fingerprint density at radius 1 is 1.15 bits per heavy atom. The summed E-state index contributed by atoms with van der Waals surface area (Å²) in [5, 5.41) is 0.107. The van der Waals surface area contributed by atoms with Gasteiger partial charge in [0.05, 0.1) is 9.92 Å². The maximum absolute atomic E-state index is 13.3. The zero-order valence-corrected chi connectivity index (χ0v) is 16.4. The van der Waals surface area contributed by atoms with E-state index >= 15 is 0 Å². The van der Waals surface area contributed by atoms with Crippen molar-refractivity contribution in [3.8, 4) is 0 Å². The molecule has 0 aliphatic carbocycles. The first-order chi connectivity index (χ1) is 12.4. The Morgan fingerprint density at radius 3 is 2.58 bits per heavy atom. The Kier molecular flexibility index (Phi) is 6.00. The third-order valence-corrected chi connectivity index (χ3v) is 7.21. The highest BCUT2D eigenvalue weighted by molar-refractivity contribution is 7.89. The molecule has 1 aliphatic rings. The molecule has 3 rings (SSSR count). The van der Waals surface area contributed by atoms with Crippen molar-refractivity contribution in [1.29, 1.82) is 0 Å². The molecule has 0 spiro atoms. The fourth-order valence-electron chi connectivity index (χ4n) is 3.45. The van der Waals surface area contributed by atoms with Crippen molar-refractivity contribution in [3.05, 3.63) is 64.4 Å². The van der Waals surface area contributed by atoms with Gasteiger partial charge in [0.1, 0.15) is 5.82 Å². The molecule has 0 N–H and O–H groups in total. The molecule has 2 aromatic rings. The van der Waals surface area contributed by atoms with Crippen LogP contribution in [0.3, 0.4) is 0 Å². The van der Waals surface area contributed by atoms with Crippen molar-refractivity contribution in [2.45, 2.75) is 50.0 Å². The van der Waals surface area contributed by atoms with Gasteiger partial charge in [0.15, 0.2) is 0 Å². The molecule has 1 saturated heterocycles. The van der Waals surface area contributed by atoms with Gasteiger partial charge in [-0.05, 0) is 62.4 Å². The molecular weight excluding hydrogens is 373 g/mol. The summed E-state index contributed by atoms with van der Waals surface area (Å²) >= 11 is 5.85. The first-order valence-corrected chi connectivity index (χ1v) is 10.7. The van der Waals surface area contributed by atoms with Crippen LogP contribution in [0.2, 0.25) is 5.02 Å². The minimum atomic E-state index is -3.50. The second-order valence-electron chi connectivity index (χ2n) is 6.87. The van der Waals surface area contributed by atoms with Gasteiger partial charge < -0.3 is 0 Å². The van der Waals surface area contributed by atoms with Crippen LogP contribution in [0, 0.1) is 12.7 Å². The molecule has 1 atom stereocenters. The number of benzene rings is 2. The smallest absolute Gasteiger partial charge is 0.207 e. The van der Waals surface area contributed by atoms with E-state index in [-0.39, 0.29) is 11.1 Å².